The van der Waals surface area contributed by atoms with E-state index in [9.17, 15) is 19.2 Å². The zero-order valence-electron chi connectivity index (χ0n) is 30.4. The third-order valence-electron chi connectivity index (χ3n) is 8.68. The molecule has 276 valence electrons. The lowest BCUT2D eigenvalue weighted by atomic mass is 10.00. The predicted molar refractivity (Wildman–Crippen MR) is 195 cm³/mol. The number of aromatic nitrogens is 5. The van der Waals surface area contributed by atoms with Crippen molar-refractivity contribution in [2.45, 2.75) is 91.5 Å². The number of aryl methyl sites for hydroxylation is 2. The Morgan fingerprint density at radius 3 is 2.35 bits per heavy atom. The van der Waals surface area contributed by atoms with E-state index in [1.165, 1.54) is 4.68 Å². The van der Waals surface area contributed by atoms with Crippen molar-refractivity contribution in [2.24, 2.45) is 11.8 Å². The Morgan fingerprint density at radius 1 is 0.962 bits per heavy atom. The van der Waals surface area contributed by atoms with E-state index in [0.29, 0.717) is 29.5 Å². The van der Waals surface area contributed by atoms with Crippen LogP contribution in [0.2, 0.25) is 0 Å². The van der Waals surface area contributed by atoms with Crippen LogP contribution in [-0.4, -0.2) is 71.9 Å². The van der Waals surface area contributed by atoms with Gasteiger partial charge in [-0.25, -0.2) is 9.67 Å². The lowest BCUT2D eigenvalue weighted by Crippen LogP contribution is -2.55. The molecule has 0 spiro atoms. The van der Waals surface area contributed by atoms with Gasteiger partial charge in [0, 0.05) is 12.8 Å². The van der Waals surface area contributed by atoms with Gasteiger partial charge < -0.3 is 26.0 Å². The van der Waals surface area contributed by atoms with Crippen molar-refractivity contribution in [1.29, 1.82) is 0 Å². The zero-order chi connectivity index (χ0) is 37.4. The van der Waals surface area contributed by atoms with Gasteiger partial charge >= 0.3 is 0 Å². The molecule has 0 fully saturated rings. The molecule has 4 heterocycles. The van der Waals surface area contributed by atoms with E-state index in [4.69, 9.17) is 4.74 Å². The second kappa shape index (κ2) is 17.4. The Kier molecular flexibility index (Phi) is 12.7. The van der Waals surface area contributed by atoms with Crippen molar-refractivity contribution in [3.05, 3.63) is 88.8 Å². The first-order valence-corrected chi connectivity index (χ1v) is 18.3. The summed E-state index contributed by atoms with van der Waals surface area (Å²) in [4.78, 5) is 59.9. The minimum absolute atomic E-state index is 0.113. The molecule has 2 aliphatic heterocycles. The molecule has 4 aromatic rings. The van der Waals surface area contributed by atoms with Crippen molar-refractivity contribution >= 4 is 35.4 Å². The van der Waals surface area contributed by atoms with E-state index in [1.54, 1.807) is 26.0 Å². The van der Waals surface area contributed by atoms with E-state index >= 15 is 0 Å². The van der Waals surface area contributed by atoms with Crippen LogP contribution in [0.1, 0.15) is 79.1 Å². The number of benzene rings is 2. The number of fused-ring (bicyclic) bond motifs is 14. The number of nitrogens with one attached hydrogen (secondary N) is 4. The number of hydrogen-bond acceptors (Lipinski definition) is 10. The van der Waals surface area contributed by atoms with Crippen LogP contribution in [0, 0.1) is 25.7 Å². The molecule has 0 unspecified atom stereocenters. The van der Waals surface area contributed by atoms with Crippen molar-refractivity contribution in [2.75, 3.05) is 6.61 Å². The largest absolute Gasteiger partial charge is 0.491 e. The SMILES string of the molecule is Cc1nc2n(n1)CC(=O)N[C@@H](CC(C)C)COc1ccc(cc1)C[C@H](NC(=O)c1nsnc1C)C(=O)N[C@@H](Cc1ccccc1)C(=O)N[C@H]2C(C)C. The molecule has 4 atom stereocenters. The van der Waals surface area contributed by atoms with Crippen LogP contribution in [0.3, 0.4) is 0 Å². The standard InChI is InChI=1S/C37H47N9O5S/c1-21(2)16-27-20-51-28-14-12-26(13-15-28)18-29(41-37(50)33-23(5)44-52-45-33)35(48)40-30(17-25-10-8-7-9-11-25)36(49)42-32(22(3)4)34-38-24(6)43-46(34)19-31(47)39-27/h7-15,21-22,27,29-30,32H,16-20H2,1-6H3,(H,39,47)(H,40,48)(H,41,50)(H,42,49)/t27-,29-,30-,32-/m0/s1. The van der Waals surface area contributed by atoms with Gasteiger partial charge in [-0.3, -0.25) is 19.2 Å². The molecule has 0 saturated carbocycles. The van der Waals surface area contributed by atoms with Crippen molar-refractivity contribution in [3.63, 3.8) is 0 Å². The fraction of sp³-hybridized carbons (Fsp3) is 0.459. The first-order valence-electron chi connectivity index (χ1n) is 17.5. The van der Waals surface area contributed by atoms with E-state index in [1.807, 2.05) is 56.3 Å². The number of nitrogens with zero attached hydrogens (tertiary/aromatic N) is 5. The van der Waals surface area contributed by atoms with Gasteiger partial charge in [-0.2, -0.15) is 13.8 Å². The summed E-state index contributed by atoms with van der Waals surface area (Å²) < 4.78 is 15.9. The van der Waals surface area contributed by atoms with Crippen LogP contribution in [0.15, 0.2) is 54.6 Å². The summed E-state index contributed by atoms with van der Waals surface area (Å²) in [7, 11) is 0. The Hall–Kier alpha value is -5.18. The summed E-state index contributed by atoms with van der Waals surface area (Å²) in [6.07, 6.45) is 0.985. The first kappa shape index (κ1) is 38.1. The number of amides is 4. The lowest BCUT2D eigenvalue weighted by Gasteiger charge is -2.27. The molecule has 6 rings (SSSR count). The van der Waals surface area contributed by atoms with Gasteiger partial charge in [-0.1, -0.05) is 70.2 Å². The van der Waals surface area contributed by atoms with Crippen LogP contribution in [0.4, 0.5) is 0 Å². The van der Waals surface area contributed by atoms with E-state index in [-0.39, 0.29) is 55.5 Å². The van der Waals surface area contributed by atoms with Crippen LogP contribution < -0.4 is 26.0 Å². The van der Waals surface area contributed by atoms with Gasteiger partial charge in [0.05, 0.1) is 29.5 Å². The third-order valence-corrected chi connectivity index (χ3v) is 9.30. The molecule has 15 heteroatoms. The van der Waals surface area contributed by atoms with Crippen molar-refractivity contribution < 1.29 is 23.9 Å². The summed E-state index contributed by atoms with van der Waals surface area (Å²) in [5, 5.41) is 16.5. The molecule has 2 aromatic heterocycles. The van der Waals surface area contributed by atoms with Crippen LogP contribution >= 0.6 is 11.7 Å². The summed E-state index contributed by atoms with van der Waals surface area (Å²) >= 11 is 0.913. The average Bonchev–Trinajstić information content (AvgIpc) is 3.69. The van der Waals surface area contributed by atoms with Gasteiger partial charge in [0.2, 0.25) is 17.7 Å². The van der Waals surface area contributed by atoms with Crippen molar-refractivity contribution in [1.82, 2.24) is 44.8 Å². The number of carbonyl (C=O) groups is 4. The summed E-state index contributed by atoms with van der Waals surface area (Å²) in [5.41, 5.74) is 2.16. The van der Waals surface area contributed by atoms with Crippen LogP contribution in [-0.2, 0) is 33.8 Å². The fourth-order valence-electron chi connectivity index (χ4n) is 6.11. The molecule has 4 amide bonds. The molecular weight excluding hydrogens is 683 g/mol. The molecule has 0 aliphatic carbocycles. The van der Waals surface area contributed by atoms with Crippen LogP contribution in [0.5, 0.6) is 5.75 Å². The highest BCUT2D eigenvalue weighted by Gasteiger charge is 2.32. The van der Waals surface area contributed by atoms with Gasteiger partial charge in [0.15, 0.2) is 11.5 Å². The first-order chi connectivity index (χ1) is 24.9. The van der Waals surface area contributed by atoms with E-state index in [0.717, 1.165) is 22.9 Å². The molecule has 2 aromatic carbocycles. The second-order valence-corrected chi connectivity index (χ2v) is 14.5. The van der Waals surface area contributed by atoms with Gasteiger partial charge in [0.1, 0.15) is 36.8 Å². The normalized spacial score (nSPS) is 20.4. The second-order valence-electron chi connectivity index (χ2n) is 13.9. The summed E-state index contributed by atoms with van der Waals surface area (Å²) in [6.45, 7) is 11.6. The number of rotatable bonds is 7. The molecule has 52 heavy (non-hydrogen) atoms. The van der Waals surface area contributed by atoms with Crippen molar-refractivity contribution in [3.8, 4) is 5.75 Å². The predicted octanol–water partition coefficient (Wildman–Crippen LogP) is 3.25. The van der Waals surface area contributed by atoms with E-state index in [2.05, 4.69) is 53.9 Å². The van der Waals surface area contributed by atoms with Gasteiger partial charge in [-0.05, 0) is 55.4 Å². The molecule has 4 N–H and O–H groups in total. The highest BCUT2D eigenvalue weighted by molar-refractivity contribution is 6.99. The fourth-order valence-corrected chi connectivity index (χ4v) is 6.65. The lowest BCUT2D eigenvalue weighted by molar-refractivity contribution is -0.130. The van der Waals surface area contributed by atoms with Gasteiger partial charge in [-0.15, -0.1) is 0 Å². The minimum atomic E-state index is -1.06. The minimum Gasteiger partial charge on any atom is -0.491 e. The average molecular weight is 730 g/mol. The summed E-state index contributed by atoms with van der Waals surface area (Å²) in [5.74, 6) is -0.220. The number of hydrogen-bond donors (Lipinski definition) is 4. The van der Waals surface area contributed by atoms with Crippen LogP contribution in [0.25, 0.3) is 0 Å². The molecule has 14 nitrogen and oxygen atoms in total. The molecule has 2 aliphatic rings. The maximum absolute atomic E-state index is 14.3. The Bertz CT molecular complexity index is 1840. The quantitative estimate of drug-likeness (QED) is 0.222. The maximum atomic E-state index is 14.3. The highest BCUT2D eigenvalue weighted by atomic mass is 32.1. The van der Waals surface area contributed by atoms with Gasteiger partial charge in [0.25, 0.3) is 5.91 Å². The molecule has 0 radical (unpaired) electrons. The topological polar surface area (TPSA) is 182 Å². The van der Waals surface area contributed by atoms with E-state index < -0.39 is 35.8 Å². The highest BCUT2D eigenvalue weighted by Crippen LogP contribution is 2.22. The zero-order valence-corrected chi connectivity index (χ0v) is 31.2. The smallest absolute Gasteiger partial charge is 0.273 e. The Morgan fingerprint density at radius 2 is 1.69 bits per heavy atom. The molecule has 2 bridgehead atoms. The Labute approximate surface area is 307 Å². The number of ether oxygens (including phenoxy) is 1. The third kappa shape index (κ3) is 10.2. The number of carbonyl (C=O) groups excluding carboxylic acids is 4. The maximum Gasteiger partial charge on any atom is 0.273 e. The molecular formula is C37H47N9O5S. The summed E-state index contributed by atoms with van der Waals surface area (Å²) in [6, 6.07) is 13.5. The molecule has 0 saturated heterocycles. The Balaban J connectivity index is 1.53. The monoisotopic (exact) mass is 729 g/mol.